The van der Waals surface area contributed by atoms with E-state index in [-0.39, 0.29) is 28.0 Å². The standard InChI is InChI=1S/C11H7Cl3N4O3/c12-5-1-6(13)10(7(14)2-5)15-9(19)4-18-3-8(11(20)21)16-17-18/h1-3H,4H2,(H,15,19)(H,20,21). The normalized spacial score (nSPS) is 10.4. The Bertz CT molecular complexity index is 693. The second-order valence-corrected chi connectivity index (χ2v) is 5.15. The lowest BCUT2D eigenvalue weighted by Gasteiger charge is -2.09. The fourth-order valence-electron chi connectivity index (χ4n) is 1.46. The van der Waals surface area contributed by atoms with Crippen LogP contribution in [0.1, 0.15) is 10.5 Å². The van der Waals surface area contributed by atoms with Crippen LogP contribution in [0.2, 0.25) is 15.1 Å². The van der Waals surface area contributed by atoms with Crippen LogP contribution in [0.5, 0.6) is 0 Å². The summed E-state index contributed by atoms with van der Waals surface area (Å²) in [5, 5.41) is 18.8. The average Bonchev–Trinajstić information content (AvgIpc) is 2.82. The summed E-state index contributed by atoms with van der Waals surface area (Å²) in [4.78, 5) is 22.5. The summed E-state index contributed by atoms with van der Waals surface area (Å²) in [6.07, 6.45) is 1.13. The fourth-order valence-corrected chi connectivity index (χ4v) is 2.37. The monoisotopic (exact) mass is 348 g/mol. The van der Waals surface area contributed by atoms with Crippen LogP contribution in [-0.4, -0.2) is 32.0 Å². The highest BCUT2D eigenvalue weighted by atomic mass is 35.5. The van der Waals surface area contributed by atoms with Crippen molar-refractivity contribution in [1.82, 2.24) is 15.0 Å². The number of nitrogens with one attached hydrogen (secondary N) is 1. The molecule has 0 bridgehead atoms. The second kappa shape index (κ2) is 6.30. The zero-order chi connectivity index (χ0) is 15.6. The van der Waals surface area contributed by atoms with Gasteiger partial charge in [-0.1, -0.05) is 40.0 Å². The zero-order valence-electron chi connectivity index (χ0n) is 10.2. The molecule has 0 aliphatic heterocycles. The molecule has 21 heavy (non-hydrogen) atoms. The van der Waals surface area contributed by atoms with Gasteiger partial charge in [0.15, 0.2) is 5.69 Å². The predicted molar refractivity (Wildman–Crippen MR) is 77.1 cm³/mol. The third-order valence-electron chi connectivity index (χ3n) is 2.33. The summed E-state index contributed by atoms with van der Waals surface area (Å²) in [6.45, 7) is -0.241. The van der Waals surface area contributed by atoms with Crippen LogP contribution in [0.4, 0.5) is 5.69 Å². The molecule has 0 saturated heterocycles. The summed E-state index contributed by atoms with van der Waals surface area (Å²) in [6, 6.07) is 2.87. The first kappa shape index (κ1) is 15.6. The summed E-state index contributed by atoms with van der Waals surface area (Å²) in [5.41, 5.74) is -0.0448. The van der Waals surface area contributed by atoms with Crippen molar-refractivity contribution in [3.63, 3.8) is 0 Å². The van der Waals surface area contributed by atoms with Gasteiger partial charge in [0.1, 0.15) is 6.54 Å². The Morgan fingerprint density at radius 3 is 2.38 bits per heavy atom. The molecule has 2 rings (SSSR count). The van der Waals surface area contributed by atoms with E-state index in [2.05, 4.69) is 15.6 Å². The number of carboxylic acids is 1. The highest BCUT2D eigenvalue weighted by molar-refractivity contribution is 6.42. The maximum atomic E-state index is 11.9. The number of rotatable bonds is 4. The van der Waals surface area contributed by atoms with Crippen molar-refractivity contribution in [1.29, 1.82) is 0 Å². The molecule has 110 valence electrons. The van der Waals surface area contributed by atoms with E-state index >= 15 is 0 Å². The van der Waals surface area contributed by atoms with Gasteiger partial charge < -0.3 is 10.4 Å². The number of aromatic nitrogens is 3. The van der Waals surface area contributed by atoms with Crippen LogP contribution in [0, 0.1) is 0 Å². The molecule has 0 atom stereocenters. The van der Waals surface area contributed by atoms with Crippen LogP contribution >= 0.6 is 34.8 Å². The van der Waals surface area contributed by atoms with E-state index in [1.54, 1.807) is 0 Å². The van der Waals surface area contributed by atoms with E-state index in [9.17, 15) is 9.59 Å². The second-order valence-electron chi connectivity index (χ2n) is 3.90. The van der Waals surface area contributed by atoms with E-state index < -0.39 is 11.9 Å². The average molecular weight is 350 g/mol. The number of hydrogen-bond donors (Lipinski definition) is 2. The van der Waals surface area contributed by atoms with Gasteiger partial charge in [0.2, 0.25) is 5.91 Å². The predicted octanol–water partition coefficient (Wildman–Crippen LogP) is 2.58. The molecular weight excluding hydrogens is 343 g/mol. The Kier molecular flexibility index (Phi) is 4.66. The third kappa shape index (κ3) is 3.84. The summed E-state index contributed by atoms with van der Waals surface area (Å²) in [7, 11) is 0. The molecule has 0 aliphatic carbocycles. The molecule has 2 N–H and O–H groups in total. The number of aromatic carboxylic acids is 1. The first-order valence-electron chi connectivity index (χ1n) is 5.44. The van der Waals surface area contributed by atoms with Crippen molar-refractivity contribution in [3.8, 4) is 0 Å². The Labute approximate surface area is 133 Å². The minimum absolute atomic E-state index is 0.186. The number of carbonyl (C=O) groups is 2. The quantitative estimate of drug-likeness (QED) is 0.884. The Hall–Kier alpha value is -1.83. The largest absolute Gasteiger partial charge is 0.476 e. The van der Waals surface area contributed by atoms with Crippen LogP contribution in [0.3, 0.4) is 0 Å². The number of hydrogen-bond acceptors (Lipinski definition) is 4. The lowest BCUT2D eigenvalue weighted by Crippen LogP contribution is -2.19. The molecule has 0 radical (unpaired) electrons. The minimum Gasteiger partial charge on any atom is -0.476 e. The molecule has 7 nitrogen and oxygen atoms in total. The van der Waals surface area contributed by atoms with Crippen LogP contribution in [0.25, 0.3) is 0 Å². The van der Waals surface area contributed by atoms with Gasteiger partial charge in [-0.3, -0.25) is 4.79 Å². The summed E-state index contributed by atoms with van der Waals surface area (Å²) >= 11 is 17.6. The van der Waals surface area contributed by atoms with E-state index in [1.165, 1.54) is 12.1 Å². The number of benzene rings is 1. The lowest BCUT2D eigenvalue weighted by atomic mass is 10.3. The van der Waals surface area contributed by atoms with Crippen LogP contribution in [-0.2, 0) is 11.3 Å². The molecule has 0 spiro atoms. The highest BCUT2D eigenvalue weighted by Gasteiger charge is 2.14. The lowest BCUT2D eigenvalue weighted by molar-refractivity contribution is -0.116. The molecule has 0 fully saturated rings. The number of carboxylic acid groups (broad SMARTS) is 1. The zero-order valence-corrected chi connectivity index (χ0v) is 12.4. The first-order chi connectivity index (χ1) is 9.86. The molecule has 1 amide bonds. The molecule has 2 aromatic rings. The van der Waals surface area contributed by atoms with Gasteiger partial charge in [-0.25, -0.2) is 9.48 Å². The highest BCUT2D eigenvalue weighted by Crippen LogP contribution is 2.33. The number of anilines is 1. The van der Waals surface area contributed by atoms with Gasteiger partial charge in [0.05, 0.1) is 21.9 Å². The van der Waals surface area contributed by atoms with Crippen molar-refractivity contribution in [3.05, 3.63) is 39.1 Å². The van der Waals surface area contributed by atoms with Crippen molar-refractivity contribution < 1.29 is 14.7 Å². The first-order valence-corrected chi connectivity index (χ1v) is 6.58. The van der Waals surface area contributed by atoms with E-state index in [0.29, 0.717) is 5.02 Å². The smallest absolute Gasteiger partial charge is 0.358 e. The number of nitrogens with zero attached hydrogens (tertiary/aromatic N) is 3. The number of halogens is 3. The van der Waals surface area contributed by atoms with Gasteiger partial charge in [-0.05, 0) is 12.1 Å². The third-order valence-corrected chi connectivity index (χ3v) is 3.15. The van der Waals surface area contributed by atoms with Gasteiger partial charge in [0.25, 0.3) is 0 Å². The van der Waals surface area contributed by atoms with Gasteiger partial charge in [-0.15, -0.1) is 5.10 Å². The van der Waals surface area contributed by atoms with Crippen molar-refractivity contribution in [2.24, 2.45) is 0 Å². The SMILES string of the molecule is O=C(Cn1cc(C(=O)O)nn1)Nc1c(Cl)cc(Cl)cc1Cl. The Balaban J connectivity index is 2.10. The Morgan fingerprint density at radius 1 is 1.24 bits per heavy atom. The molecule has 1 heterocycles. The maximum Gasteiger partial charge on any atom is 0.358 e. The van der Waals surface area contributed by atoms with Crippen molar-refractivity contribution in [2.45, 2.75) is 6.54 Å². The minimum atomic E-state index is -1.23. The Morgan fingerprint density at radius 2 is 1.86 bits per heavy atom. The number of amides is 1. The molecule has 0 saturated carbocycles. The molecule has 0 unspecified atom stereocenters. The van der Waals surface area contributed by atoms with Crippen LogP contribution in [0.15, 0.2) is 18.3 Å². The molecule has 1 aromatic carbocycles. The molecular formula is C11H7Cl3N4O3. The summed E-state index contributed by atoms with van der Waals surface area (Å²) < 4.78 is 1.08. The van der Waals surface area contributed by atoms with E-state index in [4.69, 9.17) is 39.9 Å². The topological polar surface area (TPSA) is 97.1 Å². The van der Waals surface area contributed by atoms with E-state index in [1.807, 2.05) is 0 Å². The maximum absolute atomic E-state index is 11.9. The van der Waals surface area contributed by atoms with Crippen molar-refractivity contribution >= 4 is 52.4 Å². The number of carbonyl (C=O) groups excluding carboxylic acids is 1. The van der Waals surface area contributed by atoms with Gasteiger partial charge >= 0.3 is 5.97 Å². The van der Waals surface area contributed by atoms with Crippen molar-refractivity contribution in [2.75, 3.05) is 5.32 Å². The van der Waals surface area contributed by atoms with Gasteiger partial charge in [-0.2, -0.15) is 0 Å². The van der Waals surface area contributed by atoms with Gasteiger partial charge in [0, 0.05) is 5.02 Å². The van der Waals surface area contributed by atoms with Crippen LogP contribution < -0.4 is 5.32 Å². The fraction of sp³-hybridized carbons (Fsp3) is 0.0909. The van der Waals surface area contributed by atoms with E-state index in [0.717, 1.165) is 10.9 Å². The summed E-state index contributed by atoms with van der Waals surface area (Å²) in [5.74, 6) is -1.73. The molecule has 1 aromatic heterocycles. The molecule has 0 aliphatic rings. The molecule has 10 heteroatoms.